The monoisotopic (exact) mass is 253 g/mol. The van der Waals surface area contributed by atoms with Crippen LogP contribution in [0.15, 0.2) is 52.6 Å². The first-order valence-corrected chi connectivity index (χ1v) is 6.09. The molecule has 0 fully saturated rings. The molecule has 0 aliphatic heterocycles. The van der Waals surface area contributed by atoms with Gasteiger partial charge in [-0.2, -0.15) is 0 Å². The fourth-order valence-corrected chi connectivity index (χ4v) is 1.77. The molecule has 1 amide bonds. The lowest BCUT2D eigenvalue weighted by Gasteiger charge is -2.10. The summed E-state index contributed by atoms with van der Waals surface area (Å²) in [5, 5.41) is 0. The third kappa shape index (κ3) is 2.76. The third-order valence-electron chi connectivity index (χ3n) is 3.23. The van der Waals surface area contributed by atoms with Crippen LogP contribution in [-0.2, 0) is 4.79 Å². The SMILES string of the molecule is CC1=C(C)C(=NC(=O)c2ccc(C)cc2)C=CC1=O. The molecule has 1 aromatic rings. The number of nitrogens with zero attached hydrogens (tertiary/aromatic N) is 1. The standard InChI is InChI=1S/C16H15NO2/c1-10-4-6-13(7-5-10)16(19)17-14-8-9-15(18)12(3)11(14)2/h4-9H,1-3H3. The maximum atomic E-state index is 12.0. The van der Waals surface area contributed by atoms with E-state index in [9.17, 15) is 9.59 Å². The fraction of sp³-hybridized carbons (Fsp3) is 0.188. The van der Waals surface area contributed by atoms with Crippen molar-refractivity contribution < 1.29 is 9.59 Å². The molecule has 0 N–H and O–H groups in total. The van der Waals surface area contributed by atoms with Crippen molar-refractivity contribution in [1.29, 1.82) is 0 Å². The summed E-state index contributed by atoms with van der Waals surface area (Å²) in [7, 11) is 0. The summed E-state index contributed by atoms with van der Waals surface area (Å²) in [6.07, 6.45) is 3.04. The van der Waals surface area contributed by atoms with Crippen molar-refractivity contribution in [3.63, 3.8) is 0 Å². The van der Waals surface area contributed by atoms with E-state index in [-0.39, 0.29) is 11.7 Å². The molecular formula is C16H15NO2. The smallest absolute Gasteiger partial charge is 0.277 e. The van der Waals surface area contributed by atoms with Gasteiger partial charge in [-0.05, 0) is 50.6 Å². The molecular weight excluding hydrogens is 238 g/mol. The number of rotatable bonds is 1. The Hall–Kier alpha value is -2.29. The molecule has 19 heavy (non-hydrogen) atoms. The highest BCUT2D eigenvalue weighted by Gasteiger charge is 2.15. The summed E-state index contributed by atoms with van der Waals surface area (Å²) < 4.78 is 0. The minimum atomic E-state index is -0.291. The van der Waals surface area contributed by atoms with Crippen molar-refractivity contribution >= 4 is 17.4 Å². The Kier molecular flexibility index (Phi) is 3.56. The summed E-state index contributed by atoms with van der Waals surface area (Å²) in [5.74, 6) is -0.319. The first-order chi connectivity index (χ1) is 8.99. The first kappa shape index (κ1) is 13.1. The van der Waals surface area contributed by atoms with Crippen molar-refractivity contribution in [2.75, 3.05) is 0 Å². The van der Waals surface area contributed by atoms with E-state index in [4.69, 9.17) is 0 Å². The Balaban J connectivity index is 2.32. The normalized spacial score (nSPS) is 17.2. The highest BCUT2D eigenvalue weighted by molar-refractivity contribution is 6.24. The van der Waals surface area contributed by atoms with E-state index in [1.165, 1.54) is 6.08 Å². The molecule has 0 saturated heterocycles. The van der Waals surface area contributed by atoms with Gasteiger partial charge < -0.3 is 0 Å². The zero-order valence-electron chi connectivity index (χ0n) is 11.2. The van der Waals surface area contributed by atoms with Gasteiger partial charge in [-0.1, -0.05) is 17.7 Å². The van der Waals surface area contributed by atoms with Crippen molar-refractivity contribution in [3.05, 3.63) is 58.7 Å². The maximum Gasteiger partial charge on any atom is 0.277 e. The molecule has 0 radical (unpaired) electrons. The number of carbonyl (C=O) groups excluding carboxylic acids is 2. The molecule has 0 heterocycles. The minimum absolute atomic E-state index is 0.0285. The Bertz CT molecular complexity index is 631. The van der Waals surface area contributed by atoms with Crippen molar-refractivity contribution in [2.45, 2.75) is 20.8 Å². The van der Waals surface area contributed by atoms with E-state index in [0.29, 0.717) is 16.8 Å². The fourth-order valence-electron chi connectivity index (χ4n) is 1.77. The summed E-state index contributed by atoms with van der Waals surface area (Å²) in [5.41, 5.74) is 3.60. The number of amides is 1. The summed E-state index contributed by atoms with van der Waals surface area (Å²) in [6.45, 7) is 5.51. The van der Waals surface area contributed by atoms with Gasteiger partial charge in [-0.3, -0.25) is 9.59 Å². The molecule has 0 aromatic heterocycles. The predicted octanol–water partition coefficient (Wildman–Crippen LogP) is 3.05. The van der Waals surface area contributed by atoms with E-state index in [1.807, 2.05) is 19.1 Å². The van der Waals surface area contributed by atoms with Gasteiger partial charge in [0.25, 0.3) is 5.91 Å². The van der Waals surface area contributed by atoms with Gasteiger partial charge in [0.05, 0.1) is 5.71 Å². The van der Waals surface area contributed by atoms with Crippen LogP contribution in [0.1, 0.15) is 29.8 Å². The average molecular weight is 253 g/mol. The Morgan fingerprint density at radius 2 is 1.58 bits per heavy atom. The van der Waals surface area contributed by atoms with Crippen LogP contribution in [0.25, 0.3) is 0 Å². The van der Waals surface area contributed by atoms with Crippen LogP contribution in [0.5, 0.6) is 0 Å². The minimum Gasteiger partial charge on any atom is -0.290 e. The first-order valence-electron chi connectivity index (χ1n) is 6.09. The van der Waals surface area contributed by atoms with Crippen LogP contribution in [0.3, 0.4) is 0 Å². The lowest BCUT2D eigenvalue weighted by Crippen LogP contribution is -2.12. The number of aliphatic imine (C=N–C) groups is 1. The Labute approximate surface area is 112 Å². The molecule has 0 unspecified atom stereocenters. The van der Waals surface area contributed by atoms with E-state index in [1.54, 1.807) is 32.1 Å². The average Bonchev–Trinajstić information content (AvgIpc) is 2.40. The van der Waals surface area contributed by atoms with E-state index in [2.05, 4.69) is 4.99 Å². The summed E-state index contributed by atoms with van der Waals surface area (Å²) in [4.78, 5) is 27.6. The van der Waals surface area contributed by atoms with Gasteiger partial charge >= 0.3 is 0 Å². The number of ketones is 1. The van der Waals surface area contributed by atoms with Crippen LogP contribution in [-0.4, -0.2) is 17.4 Å². The second kappa shape index (κ2) is 5.14. The van der Waals surface area contributed by atoms with Crippen LogP contribution < -0.4 is 0 Å². The molecule has 3 heteroatoms. The van der Waals surface area contributed by atoms with Crippen LogP contribution in [0.4, 0.5) is 0 Å². The quantitative estimate of drug-likeness (QED) is 0.722. The topological polar surface area (TPSA) is 46.5 Å². The largest absolute Gasteiger partial charge is 0.290 e. The molecule has 1 aromatic carbocycles. The summed E-state index contributed by atoms with van der Waals surface area (Å²) >= 11 is 0. The lowest BCUT2D eigenvalue weighted by molar-refractivity contribution is -0.111. The van der Waals surface area contributed by atoms with Crippen molar-refractivity contribution in [1.82, 2.24) is 0 Å². The highest BCUT2D eigenvalue weighted by atomic mass is 16.1. The van der Waals surface area contributed by atoms with Crippen LogP contribution >= 0.6 is 0 Å². The zero-order valence-corrected chi connectivity index (χ0v) is 11.2. The van der Waals surface area contributed by atoms with Crippen molar-refractivity contribution in [2.24, 2.45) is 4.99 Å². The molecule has 96 valence electrons. The predicted molar refractivity (Wildman–Crippen MR) is 75.5 cm³/mol. The van der Waals surface area contributed by atoms with E-state index in [0.717, 1.165) is 11.1 Å². The molecule has 0 saturated carbocycles. The molecule has 1 aliphatic rings. The van der Waals surface area contributed by atoms with Gasteiger partial charge in [0, 0.05) is 11.1 Å². The van der Waals surface area contributed by atoms with Crippen LogP contribution in [0, 0.1) is 6.92 Å². The van der Waals surface area contributed by atoms with Gasteiger partial charge in [0.1, 0.15) is 0 Å². The Morgan fingerprint density at radius 3 is 2.21 bits per heavy atom. The zero-order chi connectivity index (χ0) is 14.0. The van der Waals surface area contributed by atoms with Crippen molar-refractivity contribution in [3.8, 4) is 0 Å². The molecule has 1 aliphatic carbocycles. The van der Waals surface area contributed by atoms with Crippen LogP contribution in [0.2, 0.25) is 0 Å². The highest BCUT2D eigenvalue weighted by Crippen LogP contribution is 2.15. The number of carbonyl (C=O) groups is 2. The lowest BCUT2D eigenvalue weighted by atomic mass is 9.97. The van der Waals surface area contributed by atoms with E-state index >= 15 is 0 Å². The van der Waals surface area contributed by atoms with E-state index < -0.39 is 0 Å². The van der Waals surface area contributed by atoms with Gasteiger partial charge in [0.2, 0.25) is 0 Å². The van der Waals surface area contributed by atoms with Gasteiger partial charge in [0.15, 0.2) is 5.78 Å². The number of hydrogen-bond acceptors (Lipinski definition) is 2. The van der Waals surface area contributed by atoms with Gasteiger partial charge in [-0.25, -0.2) is 4.99 Å². The third-order valence-corrected chi connectivity index (χ3v) is 3.23. The molecule has 3 nitrogen and oxygen atoms in total. The number of aryl methyl sites for hydroxylation is 1. The van der Waals surface area contributed by atoms with Gasteiger partial charge in [-0.15, -0.1) is 0 Å². The maximum absolute atomic E-state index is 12.0. The second-order valence-corrected chi connectivity index (χ2v) is 4.62. The number of hydrogen-bond donors (Lipinski definition) is 0. The number of benzene rings is 1. The second-order valence-electron chi connectivity index (χ2n) is 4.62. The molecule has 0 bridgehead atoms. The summed E-state index contributed by atoms with van der Waals surface area (Å²) in [6, 6.07) is 7.26. The molecule has 2 rings (SSSR count). The number of allylic oxidation sites excluding steroid dienone is 4. The Morgan fingerprint density at radius 1 is 0.947 bits per heavy atom. The molecule has 0 spiro atoms. The molecule has 0 atom stereocenters.